The lowest BCUT2D eigenvalue weighted by Crippen LogP contribution is -2.13. The third-order valence-corrected chi connectivity index (χ3v) is 4.04. The second-order valence-electron chi connectivity index (χ2n) is 5.71. The van der Waals surface area contributed by atoms with Gasteiger partial charge in [-0.15, -0.1) is 0 Å². The van der Waals surface area contributed by atoms with E-state index in [0.717, 1.165) is 21.9 Å². The Morgan fingerprint density at radius 3 is 2.84 bits per heavy atom. The van der Waals surface area contributed by atoms with Gasteiger partial charge in [-0.2, -0.15) is 0 Å². The molecule has 0 spiro atoms. The van der Waals surface area contributed by atoms with Gasteiger partial charge in [-0.25, -0.2) is 0 Å². The summed E-state index contributed by atoms with van der Waals surface area (Å²) in [6, 6.07) is 17.2. The highest BCUT2D eigenvalue weighted by Gasteiger charge is 2.20. The summed E-state index contributed by atoms with van der Waals surface area (Å²) in [6.07, 6.45) is 1.64. The van der Waals surface area contributed by atoms with Crippen LogP contribution >= 0.6 is 0 Å². The van der Waals surface area contributed by atoms with Crippen molar-refractivity contribution < 1.29 is 13.9 Å². The van der Waals surface area contributed by atoms with Crippen LogP contribution < -0.4 is 5.32 Å². The van der Waals surface area contributed by atoms with Gasteiger partial charge in [0.15, 0.2) is 5.76 Å². The smallest absolute Gasteiger partial charge is 0.291 e. The van der Waals surface area contributed by atoms with Gasteiger partial charge in [-0.3, -0.25) is 9.78 Å². The molecule has 2 heterocycles. The fourth-order valence-corrected chi connectivity index (χ4v) is 2.90. The molecule has 0 fully saturated rings. The Morgan fingerprint density at radius 1 is 1.16 bits per heavy atom. The van der Waals surface area contributed by atoms with Crippen LogP contribution in [0.5, 0.6) is 0 Å². The zero-order chi connectivity index (χ0) is 17.2. The number of pyridine rings is 1. The van der Waals surface area contributed by atoms with E-state index in [-0.39, 0.29) is 11.7 Å². The number of nitrogens with zero attached hydrogens (tertiary/aromatic N) is 1. The minimum Gasteiger partial charge on any atom is -0.451 e. The first kappa shape index (κ1) is 15.4. The second kappa shape index (κ2) is 6.37. The molecule has 0 radical (unpaired) electrons. The molecule has 2 aromatic heterocycles. The fourth-order valence-electron chi connectivity index (χ4n) is 2.90. The van der Waals surface area contributed by atoms with Crippen molar-refractivity contribution in [3.63, 3.8) is 0 Å². The molecule has 0 aliphatic rings. The van der Waals surface area contributed by atoms with E-state index in [0.29, 0.717) is 17.9 Å². The second-order valence-corrected chi connectivity index (χ2v) is 5.71. The van der Waals surface area contributed by atoms with Gasteiger partial charge in [0, 0.05) is 23.4 Å². The molecule has 0 atom stereocenters. The molecule has 0 aliphatic heterocycles. The van der Waals surface area contributed by atoms with Gasteiger partial charge in [-0.1, -0.05) is 36.4 Å². The maximum atomic E-state index is 12.7. The van der Waals surface area contributed by atoms with Crippen LogP contribution in [0.3, 0.4) is 0 Å². The molecule has 0 unspecified atom stereocenters. The highest BCUT2D eigenvalue weighted by atomic mass is 16.5. The minimum absolute atomic E-state index is 0.260. The Labute approximate surface area is 144 Å². The number of hydrogen-bond donors (Lipinski definition) is 1. The summed E-state index contributed by atoms with van der Waals surface area (Å²) in [7, 11) is 1.59. The number of hydrogen-bond acceptors (Lipinski definition) is 4. The SMILES string of the molecule is COCc1c(C(=O)Nc2cnc3ccccc3c2)oc2ccccc12. The maximum Gasteiger partial charge on any atom is 0.291 e. The topological polar surface area (TPSA) is 64.4 Å². The van der Waals surface area contributed by atoms with Crippen LogP contribution in [0.1, 0.15) is 16.1 Å². The molecule has 0 aliphatic carbocycles. The first-order valence-corrected chi connectivity index (χ1v) is 7.92. The quantitative estimate of drug-likeness (QED) is 0.602. The number of rotatable bonds is 4. The Balaban J connectivity index is 1.70. The normalized spacial score (nSPS) is 11.1. The Bertz CT molecular complexity index is 1070. The number of aromatic nitrogens is 1. The summed E-state index contributed by atoms with van der Waals surface area (Å²) in [4.78, 5) is 17.1. The summed E-state index contributed by atoms with van der Waals surface area (Å²) < 4.78 is 11.0. The number of benzene rings is 2. The summed E-state index contributed by atoms with van der Waals surface area (Å²) in [5, 5.41) is 4.70. The number of anilines is 1. The zero-order valence-electron chi connectivity index (χ0n) is 13.7. The number of carbonyl (C=O) groups is 1. The highest BCUT2D eigenvalue weighted by Crippen LogP contribution is 2.27. The molecule has 124 valence electrons. The van der Waals surface area contributed by atoms with E-state index in [9.17, 15) is 4.79 Å². The van der Waals surface area contributed by atoms with Crippen molar-refractivity contribution in [2.75, 3.05) is 12.4 Å². The molecular weight excluding hydrogens is 316 g/mol. The van der Waals surface area contributed by atoms with Crippen molar-refractivity contribution in [3.05, 3.63) is 72.1 Å². The molecule has 0 saturated heterocycles. The van der Waals surface area contributed by atoms with Gasteiger partial charge >= 0.3 is 0 Å². The van der Waals surface area contributed by atoms with E-state index in [1.54, 1.807) is 13.3 Å². The predicted octanol–water partition coefficient (Wildman–Crippen LogP) is 4.38. The summed E-state index contributed by atoms with van der Waals surface area (Å²) >= 11 is 0. The van der Waals surface area contributed by atoms with E-state index < -0.39 is 0 Å². The third-order valence-electron chi connectivity index (χ3n) is 4.04. The van der Waals surface area contributed by atoms with E-state index in [4.69, 9.17) is 9.15 Å². The van der Waals surface area contributed by atoms with E-state index >= 15 is 0 Å². The number of nitrogens with one attached hydrogen (secondary N) is 1. The molecule has 1 N–H and O–H groups in total. The van der Waals surface area contributed by atoms with Crippen LogP contribution in [0, 0.1) is 0 Å². The Kier molecular flexibility index (Phi) is 3.91. The van der Waals surface area contributed by atoms with Gasteiger partial charge in [0.05, 0.1) is 24.0 Å². The van der Waals surface area contributed by atoms with Crippen LogP contribution in [0.25, 0.3) is 21.9 Å². The zero-order valence-corrected chi connectivity index (χ0v) is 13.7. The number of amides is 1. The van der Waals surface area contributed by atoms with E-state index in [1.165, 1.54) is 0 Å². The summed E-state index contributed by atoms with van der Waals surface area (Å²) in [5.74, 6) is -0.0588. The van der Waals surface area contributed by atoms with Crippen molar-refractivity contribution in [1.29, 1.82) is 0 Å². The number of para-hydroxylation sites is 2. The van der Waals surface area contributed by atoms with Crippen molar-refractivity contribution in [3.8, 4) is 0 Å². The van der Waals surface area contributed by atoms with Crippen molar-refractivity contribution in [1.82, 2.24) is 4.98 Å². The number of furan rings is 1. The van der Waals surface area contributed by atoms with Crippen molar-refractivity contribution in [2.24, 2.45) is 0 Å². The maximum absolute atomic E-state index is 12.7. The molecular formula is C20H16N2O3. The van der Waals surface area contributed by atoms with Gasteiger partial charge < -0.3 is 14.5 Å². The molecule has 1 amide bonds. The summed E-state index contributed by atoms with van der Waals surface area (Å²) in [6.45, 7) is 0.301. The van der Waals surface area contributed by atoms with E-state index in [2.05, 4.69) is 10.3 Å². The summed E-state index contributed by atoms with van der Waals surface area (Å²) in [5.41, 5.74) is 2.90. The van der Waals surface area contributed by atoms with Crippen LogP contribution in [-0.4, -0.2) is 18.0 Å². The molecule has 5 nitrogen and oxygen atoms in total. The standard InChI is InChI=1S/C20H16N2O3/c1-24-12-16-15-7-3-5-9-18(15)25-19(16)20(23)22-14-10-13-6-2-4-8-17(13)21-11-14/h2-11H,12H2,1H3,(H,22,23). The molecule has 0 saturated carbocycles. The van der Waals surface area contributed by atoms with Crippen LogP contribution in [0.15, 0.2) is 65.2 Å². The number of methoxy groups -OCH3 is 1. The Morgan fingerprint density at radius 2 is 1.96 bits per heavy atom. The fraction of sp³-hybridized carbons (Fsp3) is 0.100. The molecule has 25 heavy (non-hydrogen) atoms. The predicted molar refractivity (Wildman–Crippen MR) is 96.6 cm³/mol. The monoisotopic (exact) mass is 332 g/mol. The van der Waals surface area contributed by atoms with Crippen molar-refractivity contribution in [2.45, 2.75) is 6.61 Å². The number of ether oxygens (including phenoxy) is 1. The molecule has 0 bridgehead atoms. The first-order chi connectivity index (χ1) is 12.3. The third kappa shape index (κ3) is 2.86. The van der Waals surface area contributed by atoms with Crippen molar-refractivity contribution >= 4 is 33.5 Å². The molecule has 4 rings (SSSR count). The number of fused-ring (bicyclic) bond motifs is 2. The highest BCUT2D eigenvalue weighted by molar-refractivity contribution is 6.07. The lowest BCUT2D eigenvalue weighted by atomic mass is 10.1. The first-order valence-electron chi connectivity index (χ1n) is 7.92. The van der Waals surface area contributed by atoms with E-state index in [1.807, 2.05) is 54.6 Å². The van der Waals surface area contributed by atoms with Gasteiger partial charge in [-0.05, 0) is 18.2 Å². The Hall–Kier alpha value is -3.18. The van der Waals surface area contributed by atoms with Gasteiger partial charge in [0.1, 0.15) is 5.58 Å². The van der Waals surface area contributed by atoms with Crippen LogP contribution in [0.2, 0.25) is 0 Å². The average molecular weight is 332 g/mol. The molecule has 2 aromatic carbocycles. The van der Waals surface area contributed by atoms with Gasteiger partial charge in [0.25, 0.3) is 5.91 Å². The van der Waals surface area contributed by atoms with Gasteiger partial charge in [0.2, 0.25) is 0 Å². The lowest BCUT2D eigenvalue weighted by molar-refractivity contribution is 0.0992. The van der Waals surface area contributed by atoms with Crippen LogP contribution in [0.4, 0.5) is 5.69 Å². The molecule has 5 heteroatoms. The van der Waals surface area contributed by atoms with Crippen LogP contribution in [-0.2, 0) is 11.3 Å². The average Bonchev–Trinajstić information content (AvgIpc) is 3.01. The minimum atomic E-state index is -0.319. The largest absolute Gasteiger partial charge is 0.451 e. The number of carbonyl (C=O) groups excluding carboxylic acids is 1. The molecule has 4 aromatic rings. The lowest BCUT2D eigenvalue weighted by Gasteiger charge is -2.06.